The van der Waals surface area contributed by atoms with E-state index in [2.05, 4.69) is 117 Å². The number of ether oxygens (including phenoxy) is 3. The summed E-state index contributed by atoms with van der Waals surface area (Å²) in [7, 11) is 14.4. The zero-order valence-corrected chi connectivity index (χ0v) is 83.3. The molecule has 0 rings (SSSR count). The highest BCUT2D eigenvalue weighted by atomic mass is 16.5. The average molecular weight is 1930 g/mol. The van der Waals surface area contributed by atoms with Crippen LogP contribution in [-0.2, 0) is 81.3 Å². The van der Waals surface area contributed by atoms with Gasteiger partial charge in [0.1, 0.15) is 0 Å². The molecule has 0 aromatic rings. The fourth-order valence-corrected chi connectivity index (χ4v) is 13.1. The second-order valence-electron chi connectivity index (χ2n) is 32.5. The lowest BCUT2D eigenvalue weighted by molar-refractivity contribution is -0.123. The Kier molecular flexibility index (Phi) is 86.6. The van der Waals surface area contributed by atoms with E-state index in [0.29, 0.717) is 242 Å². The predicted octanol–water partition coefficient (Wildman–Crippen LogP) is -10.3. The van der Waals surface area contributed by atoms with Gasteiger partial charge in [-0.2, -0.15) is 0 Å². The number of rotatable bonds is 97. The Hall–Kier alpha value is -8.18. The highest BCUT2D eigenvalue weighted by Gasteiger charge is 2.22. The van der Waals surface area contributed by atoms with Gasteiger partial charge in [-0.3, -0.25) is 67.1 Å². The fraction of sp³-hybridized carbons (Fsp3) is 0.841. The van der Waals surface area contributed by atoms with Crippen LogP contribution in [-0.4, -0.2) is 501 Å². The summed E-state index contributed by atoms with van der Waals surface area (Å²) in [6.07, 6.45) is 3.10. The smallest absolute Gasteiger partial charge is 0.221 e. The Labute approximate surface area is 804 Å². The number of nitrogens with one attached hydrogen (secondary N) is 22. The van der Waals surface area contributed by atoms with E-state index in [1.807, 2.05) is 34.3 Å². The molecule has 0 aromatic heterocycles. The summed E-state index contributed by atoms with van der Waals surface area (Å²) in [5, 5.41) is 65.0. The van der Waals surface area contributed by atoms with Gasteiger partial charge in [-0.1, -0.05) is 0 Å². The summed E-state index contributed by atoms with van der Waals surface area (Å²) >= 11 is 0. The maximum absolute atomic E-state index is 13.9. The van der Waals surface area contributed by atoms with E-state index in [1.54, 1.807) is 56.4 Å². The molecule has 0 saturated carbocycles. The molecule has 0 aliphatic rings. The van der Waals surface area contributed by atoms with Crippen molar-refractivity contribution in [3.63, 3.8) is 0 Å². The van der Waals surface area contributed by atoms with Gasteiger partial charge in [-0.25, -0.2) is 0 Å². The number of carbonyl (C=O) groups is 14. The molecular weight excluding hydrogens is 1750 g/mol. The molecule has 0 aliphatic carbocycles. The summed E-state index contributed by atoms with van der Waals surface area (Å²) in [5.74, 6) is -2.74. The zero-order valence-electron chi connectivity index (χ0n) is 83.3. The lowest BCUT2D eigenvalue weighted by Crippen LogP contribution is -2.42. The lowest BCUT2D eigenvalue weighted by atomic mass is 10.2. The standard InChI is InChI=1S/C88H180N30O17/c1-90-26-34-98-75(119)13-51-113(52-14-76(120)99-35-27-91-2)63-44-108-85(129)21-59-117(60-22-86(130)109-45-64-114(53-15-77(121)100-36-28-92-3)54-16-78(122)101-37-29-93-4)67-42-106-83(127)11-49-112(48-10-70-134-72-74-135-73-71-133-69-9-25-89)50-12-84(128)107-43-68-118(61-23-87(131)110-46-65-115(55-17-79(123)102-38-30-94-5)56-18-80(124)103-39-31-95-6)62-24-88(132)111-47-66-116(57-19-81(125)104-40-32-96-7)58-20-82(126)105-41-33-97-8/h90-97H,9-74,89H2,1-8H3,(H,98,119)(H,99,120)(H,100,121)(H,101,122)(H,102,123)(H,103,124)(H,104,125)(H,105,126)(H,106,127)(H,107,128)(H,108,129)(H,109,130)(H,110,131)(H,111,132). The summed E-state index contributed by atoms with van der Waals surface area (Å²) in [4.78, 5) is 198. The van der Waals surface area contributed by atoms with Crippen LogP contribution in [0.1, 0.15) is 103 Å². The maximum Gasteiger partial charge on any atom is 0.221 e. The van der Waals surface area contributed by atoms with E-state index in [4.69, 9.17) is 19.9 Å². The third kappa shape index (κ3) is 83.7. The van der Waals surface area contributed by atoms with Crippen molar-refractivity contribution in [3.8, 4) is 0 Å². The number of hydrogen-bond donors (Lipinski definition) is 23. The Morgan fingerprint density at radius 2 is 0.289 bits per heavy atom. The van der Waals surface area contributed by atoms with Gasteiger partial charge in [0, 0.05) is 385 Å². The second-order valence-corrected chi connectivity index (χ2v) is 32.5. The molecule has 0 atom stereocenters. The molecule has 784 valence electrons. The molecule has 0 saturated heterocycles. The van der Waals surface area contributed by atoms with E-state index in [-0.39, 0.29) is 264 Å². The molecule has 47 nitrogen and oxygen atoms in total. The number of likely N-dealkylation sites (N-methyl/N-ethyl adjacent to an activating group) is 8. The Morgan fingerprint density at radius 3 is 0.430 bits per heavy atom. The van der Waals surface area contributed by atoms with E-state index in [9.17, 15) is 67.1 Å². The van der Waals surface area contributed by atoms with E-state index < -0.39 is 0 Å². The third-order valence-electron chi connectivity index (χ3n) is 21.2. The Balaban J connectivity index is 6.86. The van der Waals surface area contributed by atoms with Crippen LogP contribution in [0.4, 0.5) is 0 Å². The predicted molar refractivity (Wildman–Crippen MR) is 524 cm³/mol. The molecule has 0 bridgehead atoms. The number of nitrogens with zero attached hydrogens (tertiary/aromatic N) is 7. The van der Waals surface area contributed by atoms with E-state index in [1.165, 1.54) is 0 Å². The van der Waals surface area contributed by atoms with Crippen LogP contribution in [0.25, 0.3) is 0 Å². The molecule has 135 heavy (non-hydrogen) atoms. The van der Waals surface area contributed by atoms with Crippen molar-refractivity contribution >= 4 is 82.7 Å². The molecule has 0 heterocycles. The normalized spacial score (nSPS) is 11.3. The molecule has 0 radical (unpaired) electrons. The SMILES string of the molecule is CNCCNC(=O)CCN(CCNC(=O)CCN(CCNC(=O)CCN(CCCOCCOCCOCCCN)CCC(=O)NCCN(CCC(=O)NCCN(CCC(=O)NCCNC)CCC(=O)NCCNC)CCC(=O)NCCN(CCC(=O)NCCNC)CCC(=O)NCCNC)CCC(=O)NCCN(CCC(=O)NCCNC)CCC(=O)NCCNC)CCC(=O)NCCNC. The third-order valence-corrected chi connectivity index (χ3v) is 21.2. The highest BCUT2D eigenvalue weighted by molar-refractivity contribution is 5.81. The summed E-state index contributed by atoms with van der Waals surface area (Å²) < 4.78 is 17.1. The topological polar surface area (TPSA) is 580 Å². The molecule has 14 amide bonds. The fourth-order valence-electron chi connectivity index (χ4n) is 13.1. The Bertz CT molecular complexity index is 2660. The highest BCUT2D eigenvalue weighted by Crippen LogP contribution is 2.06. The molecule has 0 aliphatic heterocycles. The van der Waals surface area contributed by atoms with Crippen molar-refractivity contribution in [3.05, 3.63) is 0 Å². The summed E-state index contributed by atoms with van der Waals surface area (Å²) in [6, 6.07) is 0. The van der Waals surface area contributed by atoms with Crippen molar-refractivity contribution in [2.24, 2.45) is 5.73 Å². The van der Waals surface area contributed by atoms with Gasteiger partial charge in [0.25, 0.3) is 0 Å². The molecule has 0 unspecified atom stereocenters. The summed E-state index contributed by atoms with van der Waals surface area (Å²) in [6.45, 7) is 19.4. The van der Waals surface area contributed by atoms with Crippen LogP contribution in [0.15, 0.2) is 0 Å². The quantitative estimate of drug-likeness (QED) is 0.0251. The first-order valence-corrected chi connectivity index (χ1v) is 48.9. The first-order chi connectivity index (χ1) is 65.5. The van der Waals surface area contributed by atoms with Crippen molar-refractivity contribution in [2.45, 2.75) is 103 Å². The monoisotopic (exact) mass is 1930 g/mol. The number of amides is 14. The average Bonchev–Trinajstić information content (AvgIpc) is 0.948. The maximum atomic E-state index is 13.9. The van der Waals surface area contributed by atoms with Gasteiger partial charge in [0.05, 0.1) is 26.4 Å². The zero-order chi connectivity index (χ0) is 99.5. The van der Waals surface area contributed by atoms with Crippen LogP contribution in [0, 0.1) is 0 Å². The van der Waals surface area contributed by atoms with E-state index in [0.717, 1.165) is 6.42 Å². The van der Waals surface area contributed by atoms with Crippen LogP contribution in [0.5, 0.6) is 0 Å². The molecule has 47 heteroatoms. The van der Waals surface area contributed by atoms with Crippen molar-refractivity contribution in [1.82, 2.24) is 151 Å². The number of hydrogen-bond acceptors (Lipinski definition) is 33. The molecule has 24 N–H and O–H groups in total. The minimum absolute atomic E-state index is 0.0383. The molecule has 0 spiro atoms. The van der Waals surface area contributed by atoms with Crippen LogP contribution >= 0.6 is 0 Å². The van der Waals surface area contributed by atoms with Crippen LogP contribution in [0.3, 0.4) is 0 Å². The van der Waals surface area contributed by atoms with Gasteiger partial charge in [0.15, 0.2) is 0 Å². The molecular formula is C88H180N30O17. The lowest BCUT2D eigenvalue weighted by Gasteiger charge is -2.25. The van der Waals surface area contributed by atoms with E-state index >= 15 is 0 Å². The minimum Gasteiger partial charge on any atom is -0.379 e. The van der Waals surface area contributed by atoms with Crippen molar-refractivity contribution < 1.29 is 81.3 Å². The minimum atomic E-state index is -0.276. The summed E-state index contributed by atoms with van der Waals surface area (Å²) in [5.41, 5.74) is 5.58. The largest absolute Gasteiger partial charge is 0.379 e. The molecule has 0 aromatic carbocycles. The van der Waals surface area contributed by atoms with Gasteiger partial charge >= 0.3 is 0 Å². The van der Waals surface area contributed by atoms with Crippen molar-refractivity contribution in [1.29, 1.82) is 0 Å². The van der Waals surface area contributed by atoms with Gasteiger partial charge in [0.2, 0.25) is 82.7 Å². The first-order valence-electron chi connectivity index (χ1n) is 48.9. The van der Waals surface area contributed by atoms with Crippen LogP contribution < -0.4 is 123 Å². The number of nitrogens with two attached hydrogens (primary N) is 1. The van der Waals surface area contributed by atoms with Crippen LogP contribution in [0.2, 0.25) is 0 Å². The van der Waals surface area contributed by atoms with Gasteiger partial charge < -0.3 is 171 Å². The number of carbonyl (C=O) groups excluding carboxylic acids is 14. The molecule has 0 fully saturated rings. The van der Waals surface area contributed by atoms with Gasteiger partial charge in [-0.05, 0) is 75.8 Å². The first kappa shape index (κ1) is 127. The van der Waals surface area contributed by atoms with Crippen molar-refractivity contribution in [2.75, 3.05) is 384 Å². The second kappa shape index (κ2) is 92.2. The van der Waals surface area contributed by atoms with Gasteiger partial charge in [-0.15, -0.1) is 0 Å². The Morgan fingerprint density at radius 1 is 0.163 bits per heavy atom.